The van der Waals surface area contributed by atoms with Crippen molar-refractivity contribution >= 4 is 43.2 Å². The molecular weight excluding hydrogens is 381 g/mol. The van der Waals surface area contributed by atoms with E-state index in [1.807, 2.05) is 0 Å². The fraction of sp³-hybridized carbons (Fsp3) is 0.143. The molecular formula is C14H12BrClFNO2S. The van der Waals surface area contributed by atoms with Crippen LogP contribution in [0.5, 0.6) is 0 Å². The molecule has 0 aliphatic heterocycles. The fourth-order valence-electron chi connectivity index (χ4n) is 1.83. The fourth-order valence-corrected chi connectivity index (χ4v) is 4.01. The highest BCUT2D eigenvalue weighted by Crippen LogP contribution is 2.29. The average Bonchev–Trinajstić information content (AvgIpc) is 2.49. The molecule has 21 heavy (non-hydrogen) atoms. The molecule has 0 atom stereocenters. The standard InChI is InChI=1S/C14H12BrClFNO2S/c1-18(12-5-3-2-4-6-12)21(19,20)13-8-11(15)7-10(9-16)14(13)17/h2-8H,9H2,1H3. The Morgan fingerprint density at radius 3 is 2.43 bits per heavy atom. The van der Waals surface area contributed by atoms with Gasteiger partial charge in [0, 0.05) is 17.1 Å². The monoisotopic (exact) mass is 391 g/mol. The minimum Gasteiger partial charge on any atom is -0.269 e. The molecule has 0 radical (unpaired) electrons. The van der Waals surface area contributed by atoms with E-state index < -0.39 is 20.7 Å². The Morgan fingerprint density at radius 2 is 1.86 bits per heavy atom. The van der Waals surface area contributed by atoms with Crippen LogP contribution in [-0.4, -0.2) is 15.5 Å². The molecule has 0 aromatic heterocycles. The number of anilines is 1. The van der Waals surface area contributed by atoms with Crippen LogP contribution >= 0.6 is 27.5 Å². The molecule has 0 saturated heterocycles. The number of hydrogen-bond acceptors (Lipinski definition) is 2. The number of alkyl halides is 1. The topological polar surface area (TPSA) is 37.4 Å². The average molecular weight is 393 g/mol. The molecule has 0 aliphatic carbocycles. The number of para-hydroxylation sites is 1. The van der Waals surface area contributed by atoms with Crippen molar-refractivity contribution in [2.24, 2.45) is 0 Å². The van der Waals surface area contributed by atoms with Crippen LogP contribution < -0.4 is 4.31 Å². The number of hydrogen-bond donors (Lipinski definition) is 0. The van der Waals surface area contributed by atoms with E-state index in [-0.39, 0.29) is 11.4 Å². The van der Waals surface area contributed by atoms with Gasteiger partial charge in [-0.3, -0.25) is 4.31 Å². The van der Waals surface area contributed by atoms with E-state index in [0.29, 0.717) is 10.2 Å². The van der Waals surface area contributed by atoms with Crippen LogP contribution in [0.2, 0.25) is 0 Å². The predicted octanol–water partition coefficient (Wildman–Crippen LogP) is 4.15. The van der Waals surface area contributed by atoms with E-state index in [4.69, 9.17) is 11.6 Å². The summed E-state index contributed by atoms with van der Waals surface area (Å²) in [6, 6.07) is 11.2. The number of benzene rings is 2. The van der Waals surface area contributed by atoms with Gasteiger partial charge in [-0.05, 0) is 24.3 Å². The van der Waals surface area contributed by atoms with Gasteiger partial charge in [-0.2, -0.15) is 0 Å². The minimum atomic E-state index is -4.01. The van der Waals surface area contributed by atoms with E-state index in [2.05, 4.69) is 15.9 Å². The second kappa shape index (κ2) is 6.34. The predicted molar refractivity (Wildman–Crippen MR) is 85.7 cm³/mol. The second-order valence-corrected chi connectivity index (χ2v) is 7.44. The van der Waals surface area contributed by atoms with Crippen molar-refractivity contribution in [2.45, 2.75) is 10.8 Å². The Hall–Kier alpha value is -1.11. The summed E-state index contributed by atoms with van der Waals surface area (Å²) < 4.78 is 41.0. The van der Waals surface area contributed by atoms with Crippen LogP contribution in [0.1, 0.15) is 5.56 Å². The first-order chi connectivity index (χ1) is 9.87. The highest BCUT2D eigenvalue weighted by Gasteiger charge is 2.26. The zero-order valence-corrected chi connectivity index (χ0v) is 14.2. The van der Waals surface area contributed by atoms with E-state index in [0.717, 1.165) is 4.31 Å². The van der Waals surface area contributed by atoms with Gasteiger partial charge in [0.15, 0.2) is 0 Å². The third kappa shape index (κ3) is 3.22. The molecule has 7 heteroatoms. The first kappa shape index (κ1) is 16.3. The van der Waals surface area contributed by atoms with Gasteiger partial charge in [0.05, 0.1) is 11.6 Å². The van der Waals surface area contributed by atoms with Crippen molar-refractivity contribution in [3.63, 3.8) is 0 Å². The maximum Gasteiger partial charge on any atom is 0.267 e. The van der Waals surface area contributed by atoms with Crippen LogP contribution in [0.3, 0.4) is 0 Å². The van der Waals surface area contributed by atoms with Crippen LogP contribution in [0.25, 0.3) is 0 Å². The van der Waals surface area contributed by atoms with E-state index in [9.17, 15) is 12.8 Å². The van der Waals surface area contributed by atoms with Crippen LogP contribution in [0, 0.1) is 5.82 Å². The number of sulfonamides is 1. The molecule has 0 heterocycles. The molecule has 0 bridgehead atoms. The van der Waals surface area contributed by atoms with Crippen molar-refractivity contribution in [3.8, 4) is 0 Å². The summed E-state index contributed by atoms with van der Waals surface area (Å²) in [5, 5.41) is 0. The van der Waals surface area contributed by atoms with Crippen molar-refractivity contribution in [1.82, 2.24) is 0 Å². The zero-order valence-electron chi connectivity index (χ0n) is 11.1. The normalized spacial score (nSPS) is 11.4. The molecule has 2 aromatic rings. The molecule has 0 saturated carbocycles. The first-order valence-electron chi connectivity index (χ1n) is 5.96. The highest BCUT2D eigenvalue weighted by molar-refractivity contribution is 9.10. The quantitative estimate of drug-likeness (QED) is 0.733. The zero-order chi connectivity index (χ0) is 15.6. The summed E-state index contributed by atoms with van der Waals surface area (Å²) in [7, 11) is -2.63. The number of rotatable bonds is 4. The maximum atomic E-state index is 14.3. The van der Waals surface area contributed by atoms with Crippen LogP contribution in [0.15, 0.2) is 51.8 Å². The van der Waals surface area contributed by atoms with Gasteiger partial charge < -0.3 is 0 Å². The lowest BCUT2D eigenvalue weighted by molar-refractivity contribution is 0.560. The summed E-state index contributed by atoms with van der Waals surface area (Å²) in [4.78, 5) is -0.404. The van der Waals surface area contributed by atoms with Gasteiger partial charge in [-0.1, -0.05) is 34.1 Å². The molecule has 0 N–H and O–H groups in total. The SMILES string of the molecule is CN(c1ccccc1)S(=O)(=O)c1cc(Br)cc(CCl)c1F. The number of nitrogens with zero attached hydrogens (tertiary/aromatic N) is 1. The number of halogens is 3. The van der Waals surface area contributed by atoms with Crippen molar-refractivity contribution in [1.29, 1.82) is 0 Å². The third-order valence-electron chi connectivity index (χ3n) is 2.98. The molecule has 3 nitrogen and oxygen atoms in total. The summed E-state index contributed by atoms with van der Waals surface area (Å²) >= 11 is 8.83. The lowest BCUT2D eigenvalue weighted by atomic mass is 10.2. The summed E-state index contributed by atoms with van der Waals surface area (Å²) in [5.74, 6) is -0.931. The lowest BCUT2D eigenvalue weighted by Crippen LogP contribution is -2.27. The molecule has 0 amide bonds. The van der Waals surface area contributed by atoms with Gasteiger partial charge in [-0.15, -0.1) is 11.6 Å². The van der Waals surface area contributed by atoms with Crippen LogP contribution in [-0.2, 0) is 15.9 Å². The van der Waals surface area contributed by atoms with Gasteiger partial charge in [0.2, 0.25) is 0 Å². The van der Waals surface area contributed by atoms with Gasteiger partial charge in [-0.25, -0.2) is 12.8 Å². The minimum absolute atomic E-state index is 0.108. The molecule has 0 unspecified atom stereocenters. The summed E-state index contributed by atoms with van der Waals surface area (Å²) in [6.07, 6.45) is 0. The summed E-state index contributed by atoms with van der Waals surface area (Å²) in [6.45, 7) is 0. The smallest absolute Gasteiger partial charge is 0.267 e. The van der Waals surface area contributed by atoms with Crippen molar-refractivity contribution in [3.05, 3.63) is 58.3 Å². The van der Waals surface area contributed by atoms with E-state index >= 15 is 0 Å². The van der Waals surface area contributed by atoms with Gasteiger partial charge >= 0.3 is 0 Å². The molecule has 2 rings (SSSR count). The maximum absolute atomic E-state index is 14.3. The highest BCUT2D eigenvalue weighted by atomic mass is 79.9. The Balaban J connectivity index is 2.57. The Labute approximate surface area is 136 Å². The summed E-state index contributed by atoms with van der Waals surface area (Å²) in [5.41, 5.74) is 0.579. The van der Waals surface area contributed by atoms with Crippen LogP contribution in [0.4, 0.5) is 10.1 Å². The molecule has 112 valence electrons. The molecule has 0 spiro atoms. The lowest BCUT2D eigenvalue weighted by Gasteiger charge is -2.20. The Morgan fingerprint density at radius 1 is 1.24 bits per heavy atom. The third-order valence-corrected chi connectivity index (χ3v) is 5.51. The van der Waals surface area contributed by atoms with Crippen molar-refractivity contribution in [2.75, 3.05) is 11.4 Å². The molecule has 0 fully saturated rings. The largest absolute Gasteiger partial charge is 0.269 e. The Kier molecular flexibility index (Phi) is 4.91. The van der Waals surface area contributed by atoms with Crippen molar-refractivity contribution < 1.29 is 12.8 Å². The molecule has 2 aromatic carbocycles. The van der Waals surface area contributed by atoms with E-state index in [1.165, 1.54) is 19.2 Å². The van der Waals surface area contributed by atoms with Gasteiger partial charge in [0.1, 0.15) is 10.7 Å². The Bertz CT molecular complexity index is 753. The van der Waals surface area contributed by atoms with E-state index in [1.54, 1.807) is 30.3 Å². The second-order valence-electron chi connectivity index (χ2n) is 4.32. The molecule has 0 aliphatic rings. The first-order valence-corrected chi connectivity index (χ1v) is 8.72. The van der Waals surface area contributed by atoms with Gasteiger partial charge in [0.25, 0.3) is 10.0 Å².